The van der Waals surface area contributed by atoms with E-state index in [0.29, 0.717) is 4.90 Å². The highest BCUT2D eigenvalue weighted by Crippen LogP contribution is 2.09. The topological polar surface area (TPSA) is 34.1 Å². The first-order valence-corrected chi connectivity index (χ1v) is 5.79. The van der Waals surface area contributed by atoms with Crippen molar-refractivity contribution in [1.82, 2.24) is 0 Å². The Morgan fingerprint density at radius 1 is 1.23 bits per heavy atom. The molecular weight excluding hydrogens is 208 g/mol. The van der Waals surface area contributed by atoms with Gasteiger partial charge < -0.3 is 0 Å². The molecule has 0 amide bonds. The van der Waals surface area contributed by atoms with Gasteiger partial charge in [-0.1, -0.05) is 35.9 Å². The molecule has 0 unspecified atom stereocenters. The Hall–Kier alpha value is -0.800. The van der Waals surface area contributed by atoms with Crippen molar-refractivity contribution < 1.29 is 8.42 Å². The van der Waals surface area contributed by atoms with Crippen molar-refractivity contribution in [3.8, 4) is 0 Å². The summed E-state index contributed by atoms with van der Waals surface area (Å²) in [6, 6.07) is 8.29. The number of rotatable bonds is 3. The smallest absolute Gasteiger partial charge is 0.181 e. The molecule has 1 aromatic rings. The molecule has 0 bridgehead atoms. The molecule has 2 nitrogen and oxygen atoms in total. The van der Waals surface area contributed by atoms with E-state index < -0.39 is 9.84 Å². The Balaban J connectivity index is 2.95. The summed E-state index contributed by atoms with van der Waals surface area (Å²) in [5.74, 6) is -0.0550. The molecule has 0 aliphatic rings. The van der Waals surface area contributed by atoms with E-state index in [-0.39, 0.29) is 5.75 Å². The summed E-state index contributed by atoms with van der Waals surface area (Å²) < 4.78 is 23.0. The van der Waals surface area contributed by atoms with Gasteiger partial charge in [-0.15, -0.1) is 0 Å². The first kappa shape index (κ1) is 10.3. The van der Waals surface area contributed by atoms with Gasteiger partial charge in [0.15, 0.2) is 9.84 Å². The molecular formula is C9H9ClO2S. The van der Waals surface area contributed by atoms with Gasteiger partial charge in [0.25, 0.3) is 0 Å². The van der Waals surface area contributed by atoms with Gasteiger partial charge in [-0.25, -0.2) is 8.42 Å². The molecule has 4 heteroatoms. The van der Waals surface area contributed by atoms with Crippen molar-refractivity contribution in [1.29, 1.82) is 0 Å². The van der Waals surface area contributed by atoms with E-state index in [1.165, 1.54) is 11.6 Å². The molecule has 0 aliphatic carbocycles. The molecule has 0 aromatic heterocycles. The highest BCUT2D eigenvalue weighted by molar-refractivity contribution is 7.91. The number of hydrogen-bond donors (Lipinski definition) is 0. The van der Waals surface area contributed by atoms with Gasteiger partial charge in [0.1, 0.15) is 0 Å². The van der Waals surface area contributed by atoms with Gasteiger partial charge in [-0.3, -0.25) is 0 Å². The minimum Gasteiger partial charge on any atom is -0.223 e. The summed E-state index contributed by atoms with van der Waals surface area (Å²) in [7, 11) is -3.19. The fourth-order valence-corrected chi connectivity index (χ4v) is 2.20. The fraction of sp³-hybridized carbons (Fsp3) is 0.111. The van der Waals surface area contributed by atoms with Crippen LogP contribution in [0.1, 0.15) is 0 Å². The zero-order valence-electron chi connectivity index (χ0n) is 6.85. The van der Waals surface area contributed by atoms with Crippen molar-refractivity contribution in [3.05, 3.63) is 41.9 Å². The van der Waals surface area contributed by atoms with E-state index in [9.17, 15) is 8.42 Å². The van der Waals surface area contributed by atoms with Crippen LogP contribution in [0.2, 0.25) is 0 Å². The van der Waals surface area contributed by atoms with E-state index in [1.807, 2.05) is 0 Å². The molecule has 0 aliphatic heterocycles. The first-order valence-electron chi connectivity index (χ1n) is 3.70. The number of hydrogen-bond acceptors (Lipinski definition) is 2. The maximum absolute atomic E-state index is 11.5. The SMILES string of the molecule is O=S(=O)(C/C=C\Cl)c1ccccc1. The molecule has 13 heavy (non-hydrogen) atoms. The van der Waals surface area contributed by atoms with Crippen LogP contribution in [-0.2, 0) is 9.84 Å². The molecule has 0 saturated heterocycles. The summed E-state index contributed by atoms with van der Waals surface area (Å²) in [5, 5.41) is 0. The average molecular weight is 217 g/mol. The van der Waals surface area contributed by atoms with Gasteiger partial charge in [0.05, 0.1) is 10.6 Å². The standard InChI is InChI=1S/C9H9ClO2S/c10-7-4-8-13(11,12)9-5-2-1-3-6-9/h1-7H,8H2/b7-4-. The number of halogens is 1. The molecule has 70 valence electrons. The van der Waals surface area contributed by atoms with Crippen molar-refractivity contribution in [2.24, 2.45) is 0 Å². The molecule has 0 spiro atoms. The van der Waals surface area contributed by atoms with Crippen LogP contribution in [0.25, 0.3) is 0 Å². The molecule has 0 saturated carbocycles. The Morgan fingerprint density at radius 3 is 2.38 bits per heavy atom. The van der Waals surface area contributed by atoms with Crippen LogP contribution < -0.4 is 0 Å². The Kier molecular flexibility index (Phi) is 3.51. The molecule has 0 heterocycles. The van der Waals surface area contributed by atoms with Crippen LogP contribution >= 0.6 is 11.6 Å². The third-order valence-corrected chi connectivity index (χ3v) is 3.31. The number of sulfone groups is 1. The Bertz CT molecular complexity index is 381. The van der Waals surface area contributed by atoms with Crippen molar-refractivity contribution in [2.45, 2.75) is 4.90 Å². The average Bonchev–Trinajstić information content (AvgIpc) is 2.16. The van der Waals surface area contributed by atoms with Crippen LogP contribution in [0, 0.1) is 0 Å². The molecule has 1 rings (SSSR count). The van der Waals surface area contributed by atoms with Crippen molar-refractivity contribution >= 4 is 21.4 Å². The van der Waals surface area contributed by atoms with E-state index in [4.69, 9.17) is 11.6 Å². The molecule has 0 radical (unpaired) electrons. The first-order chi connectivity index (χ1) is 6.17. The van der Waals surface area contributed by atoms with E-state index in [2.05, 4.69) is 0 Å². The normalized spacial score (nSPS) is 12.1. The lowest BCUT2D eigenvalue weighted by Gasteiger charge is -1.99. The lowest BCUT2D eigenvalue weighted by atomic mass is 10.4. The quantitative estimate of drug-likeness (QED) is 0.777. The highest BCUT2D eigenvalue weighted by atomic mass is 35.5. The van der Waals surface area contributed by atoms with Gasteiger partial charge in [0.2, 0.25) is 0 Å². The third-order valence-electron chi connectivity index (χ3n) is 1.51. The predicted octanol–water partition coefficient (Wildman–Crippen LogP) is 2.21. The molecule has 1 aromatic carbocycles. The lowest BCUT2D eigenvalue weighted by Crippen LogP contribution is -2.03. The van der Waals surface area contributed by atoms with Gasteiger partial charge in [-0.2, -0.15) is 0 Å². The zero-order valence-corrected chi connectivity index (χ0v) is 8.42. The van der Waals surface area contributed by atoms with Crippen LogP contribution in [0.5, 0.6) is 0 Å². The lowest BCUT2D eigenvalue weighted by molar-refractivity contribution is 0.599. The van der Waals surface area contributed by atoms with Crippen LogP contribution in [0.15, 0.2) is 46.8 Å². The number of benzene rings is 1. The minimum absolute atomic E-state index is 0.0550. The van der Waals surface area contributed by atoms with Gasteiger partial charge in [0, 0.05) is 5.54 Å². The second-order valence-electron chi connectivity index (χ2n) is 2.46. The van der Waals surface area contributed by atoms with Crippen molar-refractivity contribution in [3.63, 3.8) is 0 Å². The Labute approximate surface area is 82.8 Å². The summed E-state index contributed by atoms with van der Waals surface area (Å²) in [4.78, 5) is 0.324. The maximum Gasteiger partial charge on any atom is 0.181 e. The van der Waals surface area contributed by atoms with E-state index in [1.54, 1.807) is 30.3 Å². The maximum atomic E-state index is 11.5. The van der Waals surface area contributed by atoms with Crippen LogP contribution in [0.3, 0.4) is 0 Å². The third kappa shape index (κ3) is 2.86. The second kappa shape index (κ2) is 4.44. The van der Waals surface area contributed by atoms with Crippen LogP contribution in [0.4, 0.5) is 0 Å². The van der Waals surface area contributed by atoms with Crippen LogP contribution in [-0.4, -0.2) is 14.2 Å². The van der Waals surface area contributed by atoms with Gasteiger partial charge in [-0.05, 0) is 12.1 Å². The van der Waals surface area contributed by atoms with E-state index >= 15 is 0 Å². The summed E-state index contributed by atoms with van der Waals surface area (Å²) in [6.45, 7) is 0. The Morgan fingerprint density at radius 2 is 1.85 bits per heavy atom. The summed E-state index contributed by atoms with van der Waals surface area (Å²) in [6.07, 6.45) is 1.41. The highest BCUT2D eigenvalue weighted by Gasteiger charge is 2.10. The van der Waals surface area contributed by atoms with E-state index in [0.717, 1.165) is 0 Å². The molecule has 0 N–H and O–H groups in total. The molecule has 0 atom stereocenters. The summed E-state index contributed by atoms with van der Waals surface area (Å²) in [5.41, 5.74) is 1.21. The fourth-order valence-electron chi connectivity index (χ4n) is 0.887. The largest absolute Gasteiger partial charge is 0.223 e. The second-order valence-corrected chi connectivity index (χ2v) is 4.74. The van der Waals surface area contributed by atoms with Crippen molar-refractivity contribution in [2.75, 3.05) is 5.75 Å². The minimum atomic E-state index is -3.19. The zero-order chi connectivity index (χ0) is 9.73. The predicted molar refractivity (Wildman–Crippen MR) is 53.5 cm³/mol. The molecule has 0 fully saturated rings. The van der Waals surface area contributed by atoms with Gasteiger partial charge >= 0.3 is 0 Å². The monoisotopic (exact) mass is 216 g/mol. The summed E-state index contributed by atoms with van der Waals surface area (Å²) >= 11 is 5.25.